The zero-order chi connectivity index (χ0) is 31.3. The second-order valence-corrected chi connectivity index (χ2v) is 12.7. The lowest BCUT2D eigenvalue weighted by atomic mass is 9.33. The Balaban J connectivity index is 1.38. The van der Waals surface area contributed by atoms with Gasteiger partial charge in [0.05, 0.1) is 0 Å². The molecule has 0 saturated heterocycles. The van der Waals surface area contributed by atoms with Gasteiger partial charge in [0.1, 0.15) is 45.3 Å². The Morgan fingerprint density at radius 1 is 0.333 bits per heavy atom. The maximum atomic E-state index is 7.09. The first-order valence-corrected chi connectivity index (χ1v) is 16.3. The predicted molar refractivity (Wildman–Crippen MR) is 196 cm³/mol. The number of para-hydroxylation sites is 6. The Kier molecular flexibility index (Phi) is 5.25. The molecule has 0 amide bonds. The number of hydrogen-bond acceptors (Lipinski definition) is 4. The van der Waals surface area contributed by atoms with Crippen LogP contribution in [0.5, 0.6) is 23.0 Å². The van der Waals surface area contributed by atoms with E-state index in [0.717, 1.165) is 99.7 Å². The van der Waals surface area contributed by atoms with E-state index in [0.29, 0.717) is 0 Å². The quantitative estimate of drug-likeness (QED) is 0.203. The fourth-order valence-corrected chi connectivity index (χ4v) is 8.22. The van der Waals surface area contributed by atoms with Gasteiger partial charge < -0.3 is 18.3 Å². The molecule has 7 aromatic carbocycles. The van der Waals surface area contributed by atoms with Gasteiger partial charge in [0.25, 0.3) is 13.4 Å². The van der Waals surface area contributed by atoms with Crippen molar-refractivity contribution in [3.05, 3.63) is 146 Å². The van der Waals surface area contributed by atoms with Gasteiger partial charge in [-0.25, -0.2) is 0 Å². The van der Waals surface area contributed by atoms with E-state index >= 15 is 0 Å². The van der Waals surface area contributed by atoms with Crippen LogP contribution in [0.2, 0.25) is 0 Å². The fourth-order valence-electron chi connectivity index (χ4n) is 8.22. The number of rotatable bonds is 2. The van der Waals surface area contributed by atoms with Crippen molar-refractivity contribution >= 4 is 90.1 Å². The van der Waals surface area contributed by atoms with Crippen LogP contribution in [0.4, 0.5) is 0 Å². The molecule has 0 atom stereocenters. The molecule has 0 radical (unpaired) electrons. The van der Waals surface area contributed by atoms with Crippen molar-refractivity contribution in [1.82, 2.24) is 0 Å². The molecule has 4 heterocycles. The van der Waals surface area contributed by atoms with E-state index < -0.39 is 0 Å². The number of benzene rings is 7. The molecule has 48 heavy (non-hydrogen) atoms. The second-order valence-electron chi connectivity index (χ2n) is 12.7. The van der Waals surface area contributed by atoms with Gasteiger partial charge in [-0.2, -0.15) is 0 Å². The van der Waals surface area contributed by atoms with E-state index in [1.165, 1.54) is 0 Å². The van der Waals surface area contributed by atoms with Crippen LogP contribution in [0.25, 0.3) is 43.9 Å². The van der Waals surface area contributed by atoms with Gasteiger partial charge in [-0.05, 0) is 69.2 Å². The molecule has 0 aliphatic carbocycles. The maximum Gasteiger partial charge on any atom is 0.256 e. The van der Waals surface area contributed by atoms with Gasteiger partial charge in [-0.1, -0.05) is 109 Å². The molecule has 2 aromatic heterocycles. The Bertz CT molecular complexity index is 2490. The average Bonchev–Trinajstić information content (AvgIpc) is 3.72. The lowest BCUT2D eigenvalue weighted by molar-refractivity contribution is 0.487. The third-order valence-corrected chi connectivity index (χ3v) is 10.2. The minimum absolute atomic E-state index is 0.166. The summed E-state index contributed by atoms with van der Waals surface area (Å²) in [6.45, 7) is -0.331. The Morgan fingerprint density at radius 3 is 1.02 bits per heavy atom. The second kappa shape index (κ2) is 9.69. The van der Waals surface area contributed by atoms with Gasteiger partial charge in [0.15, 0.2) is 0 Å². The van der Waals surface area contributed by atoms with E-state index in [9.17, 15) is 0 Å². The van der Waals surface area contributed by atoms with E-state index in [-0.39, 0.29) is 13.4 Å². The molecule has 222 valence electrons. The summed E-state index contributed by atoms with van der Waals surface area (Å²) in [6, 6.07) is 50.2. The van der Waals surface area contributed by atoms with Crippen molar-refractivity contribution in [2.24, 2.45) is 0 Å². The highest BCUT2D eigenvalue weighted by Crippen LogP contribution is 2.37. The highest BCUT2D eigenvalue weighted by Gasteiger charge is 2.42. The Morgan fingerprint density at radius 2 is 0.646 bits per heavy atom. The summed E-state index contributed by atoms with van der Waals surface area (Å²) in [5, 5.41) is 4.23. The molecule has 4 nitrogen and oxygen atoms in total. The predicted octanol–water partition coefficient (Wildman–Crippen LogP) is 6.73. The van der Waals surface area contributed by atoms with Crippen molar-refractivity contribution in [3.63, 3.8) is 0 Å². The summed E-state index contributed by atoms with van der Waals surface area (Å²) in [7, 11) is 0. The fraction of sp³-hybridized carbons (Fsp3) is 0. The Hall–Kier alpha value is -6.13. The molecule has 0 N–H and O–H groups in total. The van der Waals surface area contributed by atoms with Crippen LogP contribution in [0.15, 0.2) is 154 Å². The van der Waals surface area contributed by atoms with Crippen molar-refractivity contribution in [3.8, 4) is 23.0 Å². The van der Waals surface area contributed by atoms with Gasteiger partial charge in [-0.15, -0.1) is 0 Å². The molecule has 2 aliphatic heterocycles. The molecule has 11 rings (SSSR count). The molecule has 0 fully saturated rings. The molecule has 0 bridgehead atoms. The van der Waals surface area contributed by atoms with Crippen LogP contribution in [0.1, 0.15) is 0 Å². The first kappa shape index (κ1) is 26.0. The van der Waals surface area contributed by atoms with Gasteiger partial charge >= 0.3 is 0 Å². The zero-order valence-electron chi connectivity index (χ0n) is 25.6. The van der Waals surface area contributed by atoms with Crippen LogP contribution in [-0.2, 0) is 0 Å². The summed E-state index contributed by atoms with van der Waals surface area (Å²) in [5.41, 5.74) is 9.97. The van der Waals surface area contributed by atoms with Crippen LogP contribution in [0.3, 0.4) is 0 Å². The van der Waals surface area contributed by atoms with E-state index in [4.69, 9.17) is 18.3 Å². The van der Waals surface area contributed by atoms with E-state index in [1.54, 1.807) is 0 Å². The largest absolute Gasteiger partial charge is 0.458 e. The number of ether oxygens (including phenoxy) is 2. The Labute approximate surface area is 276 Å². The van der Waals surface area contributed by atoms with Gasteiger partial charge in [0.2, 0.25) is 0 Å². The first-order chi connectivity index (χ1) is 23.8. The van der Waals surface area contributed by atoms with Crippen molar-refractivity contribution in [2.45, 2.75) is 0 Å². The van der Waals surface area contributed by atoms with Gasteiger partial charge in [-0.3, -0.25) is 0 Å². The molecular weight excluding hydrogens is 590 g/mol. The zero-order valence-corrected chi connectivity index (χ0v) is 25.6. The summed E-state index contributed by atoms with van der Waals surface area (Å²) in [4.78, 5) is 0. The molecule has 9 aromatic rings. The standard InChI is InChI=1S/C42H24B2O4/c1-7-19-31-25(13-1)37-39(43-27-15-3-9-21-33(27)45-34-22-10-4-16-28(34)43)42-38(26-14-2-8-20-32(26)48-42)40(41(37)47-31)44-29-17-5-11-23-35(29)46-36-24-12-6-18-30(36)44/h1-24H. The smallest absolute Gasteiger partial charge is 0.256 e. The van der Waals surface area contributed by atoms with Gasteiger partial charge in [0, 0.05) is 21.5 Å². The third-order valence-electron chi connectivity index (χ3n) is 10.2. The maximum absolute atomic E-state index is 7.09. The van der Waals surface area contributed by atoms with Crippen LogP contribution in [0, 0.1) is 0 Å². The highest BCUT2D eigenvalue weighted by atomic mass is 16.5. The van der Waals surface area contributed by atoms with Crippen LogP contribution in [-0.4, -0.2) is 13.4 Å². The SMILES string of the molecule is c1ccc2c(c1)Oc1ccccc1B2c1c2oc3ccccc3c2c(B2c3ccccc3Oc3ccccc32)c2oc3ccccc3c12. The van der Waals surface area contributed by atoms with Crippen molar-refractivity contribution in [2.75, 3.05) is 0 Å². The third kappa shape index (κ3) is 3.46. The summed E-state index contributed by atoms with van der Waals surface area (Å²) >= 11 is 0. The molecule has 2 aliphatic rings. The summed E-state index contributed by atoms with van der Waals surface area (Å²) in [6.07, 6.45) is 0. The number of fused-ring (bicyclic) bond motifs is 10. The molecule has 0 saturated carbocycles. The summed E-state index contributed by atoms with van der Waals surface area (Å²) < 4.78 is 27.2. The molecule has 0 unspecified atom stereocenters. The van der Waals surface area contributed by atoms with Crippen LogP contribution >= 0.6 is 0 Å². The minimum Gasteiger partial charge on any atom is -0.458 e. The molecule has 6 heteroatoms. The first-order valence-electron chi connectivity index (χ1n) is 16.3. The van der Waals surface area contributed by atoms with Crippen molar-refractivity contribution < 1.29 is 18.3 Å². The van der Waals surface area contributed by atoms with Crippen LogP contribution < -0.4 is 42.3 Å². The molecular formula is C42H24B2O4. The lowest BCUT2D eigenvalue weighted by Crippen LogP contribution is -2.57. The van der Waals surface area contributed by atoms with E-state index in [2.05, 4.69) is 109 Å². The monoisotopic (exact) mass is 614 g/mol. The van der Waals surface area contributed by atoms with Crippen molar-refractivity contribution in [1.29, 1.82) is 0 Å². The number of furan rings is 2. The molecule has 0 spiro atoms. The number of hydrogen-bond donors (Lipinski definition) is 0. The summed E-state index contributed by atoms with van der Waals surface area (Å²) in [5.74, 6) is 3.40. The normalized spacial score (nSPS) is 13.2. The minimum atomic E-state index is -0.166. The highest BCUT2D eigenvalue weighted by molar-refractivity contribution is 7.02. The van der Waals surface area contributed by atoms with E-state index in [1.807, 2.05) is 36.4 Å². The lowest BCUT2D eigenvalue weighted by Gasteiger charge is -2.29. The topological polar surface area (TPSA) is 44.7 Å². The average molecular weight is 614 g/mol.